The van der Waals surface area contributed by atoms with E-state index in [2.05, 4.69) is 40.5 Å². The predicted octanol–water partition coefficient (Wildman–Crippen LogP) is 1.52. The molecule has 20 heavy (non-hydrogen) atoms. The normalized spacial score (nSPS) is 18.6. The van der Waals surface area contributed by atoms with Crippen LogP contribution in [0.25, 0.3) is 0 Å². The first-order valence-electron chi connectivity index (χ1n) is 7.68. The molecule has 5 nitrogen and oxygen atoms in total. The summed E-state index contributed by atoms with van der Waals surface area (Å²) in [6.07, 6.45) is 3.93. The van der Waals surface area contributed by atoms with Crippen LogP contribution in [0.5, 0.6) is 0 Å². The molecule has 1 aromatic heterocycles. The van der Waals surface area contributed by atoms with Crippen molar-refractivity contribution in [1.29, 1.82) is 0 Å². The first-order valence-corrected chi connectivity index (χ1v) is 7.68. The van der Waals surface area contributed by atoms with Gasteiger partial charge in [0.05, 0.1) is 25.2 Å². The number of hydrogen-bond acceptors (Lipinski definition) is 4. The van der Waals surface area contributed by atoms with E-state index in [1.54, 1.807) is 0 Å². The molecule has 0 aromatic carbocycles. The van der Waals surface area contributed by atoms with Crippen molar-refractivity contribution in [3.05, 3.63) is 18.2 Å². The quantitative estimate of drug-likeness (QED) is 0.822. The molecule has 0 radical (unpaired) electrons. The van der Waals surface area contributed by atoms with Crippen LogP contribution in [0.15, 0.2) is 12.5 Å². The zero-order valence-electron chi connectivity index (χ0n) is 13.0. The van der Waals surface area contributed by atoms with Crippen molar-refractivity contribution in [3.63, 3.8) is 0 Å². The summed E-state index contributed by atoms with van der Waals surface area (Å²) in [4.78, 5) is 6.79. The number of rotatable bonds is 7. The van der Waals surface area contributed by atoms with Crippen LogP contribution in [0.2, 0.25) is 0 Å². The summed E-state index contributed by atoms with van der Waals surface area (Å²) < 4.78 is 7.69. The van der Waals surface area contributed by atoms with Crippen LogP contribution in [0.4, 0.5) is 0 Å². The Kier molecular flexibility index (Phi) is 6.01. The number of ether oxygens (including phenoxy) is 1. The Morgan fingerprint density at radius 2 is 2.05 bits per heavy atom. The molecule has 0 amide bonds. The van der Waals surface area contributed by atoms with Gasteiger partial charge >= 0.3 is 0 Å². The first kappa shape index (κ1) is 15.5. The molecule has 1 N–H and O–H groups in total. The van der Waals surface area contributed by atoms with E-state index in [1.807, 2.05) is 12.5 Å². The van der Waals surface area contributed by atoms with E-state index in [9.17, 15) is 0 Å². The molecule has 1 unspecified atom stereocenters. The molecule has 1 aliphatic rings. The minimum Gasteiger partial charge on any atom is -0.379 e. The summed E-state index contributed by atoms with van der Waals surface area (Å²) in [5, 5.41) is 3.49. The van der Waals surface area contributed by atoms with Crippen LogP contribution < -0.4 is 5.32 Å². The summed E-state index contributed by atoms with van der Waals surface area (Å²) in [5.41, 5.74) is 1.27. The first-order chi connectivity index (χ1) is 9.66. The Hall–Kier alpha value is -0.910. The Bertz CT molecular complexity index is 385. The van der Waals surface area contributed by atoms with Gasteiger partial charge in [-0.1, -0.05) is 13.8 Å². The van der Waals surface area contributed by atoms with Gasteiger partial charge < -0.3 is 14.6 Å². The van der Waals surface area contributed by atoms with E-state index < -0.39 is 0 Å². The Morgan fingerprint density at radius 1 is 1.30 bits per heavy atom. The highest BCUT2D eigenvalue weighted by Gasteiger charge is 2.16. The number of imidazole rings is 1. The van der Waals surface area contributed by atoms with Gasteiger partial charge in [-0.2, -0.15) is 0 Å². The highest BCUT2D eigenvalue weighted by Crippen LogP contribution is 2.13. The van der Waals surface area contributed by atoms with E-state index >= 15 is 0 Å². The number of hydrogen-bond donors (Lipinski definition) is 1. The Labute approximate surface area is 122 Å². The Morgan fingerprint density at radius 3 is 2.75 bits per heavy atom. The van der Waals surface area contributed by atoms with Crippen molar-refractivity contribution >= 4 is 0 Å². The lowest BCUT2D eigenvalue weighted by Crippen LogP contribution is -2.39. The average Bonchev–Trinajstić information content (AvgIpc) is 2.88. The van der Waals surface area contributed by atoms with Crippen LogP contribution in [0.3, 0.4) is 0 Å². The van der Waals surface area contributed by atoms with Crippen molar-refractivity contribution in [2.75, 3.05) is 39.4 Å². The van der Waals surface area contributed by atoms with E-state index in [-0.39, 0.29) is 0 Å². The number of nitrogens with one attached hydrogen (secondary N) is 1. The van der Waals surface area contributed by atoms with Gasteiger partial charge in [-0.25, -0.2) is 4.98 Å². The molecule has 0 saturated carbocycles. The molecule has 1 aliphatic heterocycles. The largest absolute Gasteiger partial charge is 0.379 e. The fourth-order valence-electron chi connectivity index (χ4n) is 2.60. The predicted molar refractivity (Wildman–Crippen MR) is 80.7 cm³/mol. The topological polar surface area (TPSA) is 42.3 Å². The molecule has 0 spiro atoms. The zero-order chi connectivity index (χ0) is 14.4. The standard InChI is InChI=1S/C15H28N4O/c1-13(2)8-16-9-15-10-17-12-19(15)14(3)11-18-4-6-20-7-5-18/h10,12-14,16H,4-9,11H2,1-3H3. The second-order valence-corrected chi connectivity index (χ2v) is 6.08. The monoisotopic (exact) mass is 280 g/mol. The third-order valence-corrected chi connectivity index (χ3v) is 3.71. The fourth-order valence-corrected chi connectivity index (χ4v) is 2.60. The number of aromatic nitrogens is 2. The fraction of sp³-hybridized carbons (Fsp3) is 0.800. The van der Waals surface area contributed by atoms with E-state index in [0.29, 0.717) is 12.0 Å². The second kappa shape index (κ2) is 7.76. The van der Waals surface area contributed by atoms with Crippen LogP contribution >= 0.6 is 0 Å². The van der Waals surface area contributed by atoms with Crippen molar-refractivity contribution in [1.82, 2.24) is 19.8 Å². The maximum Gasteiger partial charge on any atom is 0.0951 e. The summed E-state index contributed by atoms with van der Waals surface area (Å²) in [5.74, 6) is 0.678. The molecule has 1 saturated heterocycles. The minimum absolute atomic E-state index is 0.450. The minimum atomic E-state index is 0.450. The van der Waals surface area contributed by atoms with E-state index in [0.717, 1.165) is 45.9 Å². The van der Waals surface area contributed by atoms with Crippen molar-refractivity contribution in [2.45, 2.75) is 33.4 Å². The Balaban J connectivity index is 1.85. The van der Waals surface area contributed by atoms with Gasteiger partial charge in [0.1, 0.15) is 0 Å². The number of nitrogens with zero attached hydrogens (tertiary/aromatic N) is 3. The molecule has 0 aliphatic carbocycles. The van der Waals surface area contributed by atoms with Gasteiger partial charge in [0.25, 0.3) is 0 Å². The maximum absolute atomic E-state index is 5.40. The molecule has 2 rings (SSSR count). The third kappa shape index (κ3) is 4.58. The van der Waals surface area contributed by atoms with Gasteiger partial charge in [-0.05, 0) is 19.4 Å². The molecule has 1 fully saturated rings. The van der Waals surface area contributed by atoms with Crippen LogP contribution in [0, 0.1) is 5.92 Å². The third-order valence-electron chi connectivity index (χ3n) is 3.71. The van der Waals surface area contributed by atoms with Crippen LogP contribution in [-0.4, -0.2) is 53.8 Å². The van der Waals surface area contributed by atoms with Gasteiger partial charge in [-0.15, -0.1) is 0 Å². The van der Waals surface area contributed by atoms with E-state index in [4.69, 9.17) is 4.74 Å². The van der Waals surface area contributed by atoms with Crippen molar-refractivity contribution in [2.24, 2.45) is 5.92 Å². The molecule has 1 aromatic rings. The van der Waals surface area contributed by atoms with Gasteiger partial charge in [0, 0.05) is 38.4 Å². The summed E-state index contributed by atoms with van der Waals surface area (Å²) in [7, 11) is 0. The van der Waals surface area contributed by atoms with Gasteiger partial charge in [-0.3, -0.25) is 4.90 Å². The lowest BCUT2D eigenvalue weighted by molar-refractivity contribution is 0.0324. The molecule has 1 atom stereocenters. The molecular weight excluding hydrogens is 252 g/mol. The van der Waals surface area contributed by atoms with Crippen molar-refractivity contribution < 1.29 is 4.74 Å². The van der Waals surface area contributed by atoms with Gasteiger partial charge in [0.15, 0.2) is 0 Å². The summed E-state index contributed by atoms with van der Waals surface area (Å²) in [6, 6.07) is 0.450. The summed E-state index contributed by atoms with van der Waals surface area (Å²) in [6.45, 7) is 13.5. The average molecular weight is 280 g/mol. The zero-order valence-corrected chi connectivity index (χ0v) is 13.0. The lowest BCUT2D eigenvalue weighted by atomic mass is 10.2. The maximum atomic E-state index is 5.40. The molecule has 5 heteroatoms. The molecule has 114 valence electrons. The lowest BCUT2D eigenvalue weighted by Gasteiger charge is -2.30. The highest BCUT2D eigenvalue weighted by molar-refractivity contribution is 5.00. The highest BCUT2D eigenvalue weighted by atomic mass is 16.5. The summed E-state index contributed by atoms with van der Waals surface area (Å²) >= 11 is 0. The second-order valence-electron chi connectivity index (χ2n) is 6.08. The van der Waals surface area contributed by atoms with Gasteiger partial charge in [0.2, 0.25) is 0 Å². The molecular formula is C15H28N4O. The smallest absolute Gasteiger partial charge is 0.0951 e. The van der Waals surface area contributed by atoms with Crippen LogP contribution in [0.1, 0.15) is 32.5 Å². The van der Waals surface area contributed by atoms with E-state index in [1.165, 1.54) is 5.69 Å². The molecule has 0 bridgehead atoms. The SMILES string of the molecule is CC(C)CNCc1cncn1C(C)CN1CCOCC1. The van der Waals surface area contributed by atoms with Crippen LogP contribution in [-0.2, 0) is 11.3 Å². The number of morpholine rings is 1. The molecule has 2 heterocycles. The van der Waals surface area contributed by atoms with Crippen molar-refractivity contribution in [3.8, 4) is 0 Å².